The van der Waals surface area contributed by atoms with Crippen LogP contribution in [-0.2, 0) is 0 Å². The summed E-state index contributed by atoms with van der Waals surface area (Å²) >= 11 is 5.25. The summed E-state index contributed by atoms with van der Waals surface area (Å²) in [5.41, 5.74) is 8.77. The van der Waals surface area contributed by atoms with Crippen molar-refractivity contribution in [3.63, 3.8) is 0 Å². The average Bonchev–Trinajstić information content (AvgIpc) is 2.36. The topological polar surface area (TPSA) is 55.0 Å². The van der Waals surface area contributed by atoms with Gasteiger partial charge < -0.3 is 10.6 Å². The molecule has 5 heteroatoms. The molecule has 0 aliphatic carbocycles. The van der Waals surface area contributed by atoms with Crippen molar-refractivity contribution in [2.45, 2.75) is 47.1 Å². The molecule has 1 aliphatic heterocycles. The second-order valence-electron chi connectivity index (χ2n) is 6.18. The predicted octanol–water partition coefficient (Wildman–Crippen LogP) is 2.60. The molecule has 3 unspecified atom stereocenters. The third-order valence-corrected chi connectivity index (χ3v) is 4.76. The molecule has 1 saturated heterocycles. The van der Waals surface area contributed by atoms with E-state index in [1.807, 2.05) is 13.8 Å². The summed E-state index contributed by atoms with van der Waals surface area (Å²) in [5, 5.41) is 8.69. The highest BCUT2D eigenvalue weighted by Crippen LogP contribution is 2.33. The summed E-state index contributed by atoms with van der Waals surface area (Å²) in [5.74, 6) is 2.12. The van der Waals surface area contributed by atoms with Crippen LogP contribution in [0.3, 0.4) is 0 Å². The number of nitrogens with two attached hydrogens (primary N) is 1. The molecule has 0 saturated carbocycles. The Morgan fingerprint density at radius 1 is 1.25 bits per heavy atom. The van der Waals surface area contributed by atoms with Crippen LogP contribution in [0.4, 0.5) is 5.82 Å². The van der Waals surface area contributed by atoms with Crippen LogP contribution >= 0.6 is 12.2 Å². The lowest BCUT2D eigenvalue weighted by Gasteiger charge is -2.42. The molecule has 3 atom stereocenters. The molecule has 20 heavy (non-hydrogen) atoms. The van der Waals surface area contributed by atoms with Crippen LogP contribution < -0.4 is 10.6 Å². The zero-order valence-corrected chi connectivity index (χ0v) is 13.8. The van der Waals surface area contributed by atoms with Gasteiger partial charge in [-0.15, -0.1) is 5.10 Å². The van der Waals surface area contributed by atoms with Crippen molar-refractivity contribution < 1.29 is 0 Å². The Kier molecular flexibility index (Phi) is 4.28. The van der Waals surface area contributed by atoms with Gasteiger partial charge in [-0.2, -0.15) is 5.10 Å². The molecule has 0 amide bonds. The van der Waals surface area contributed by atoms with Crippen LogP contribution in [0.2, 0.25) is 0 Å². The summed E-state index contributed by atoms with van der Waals surface area (Å²) < 4.78 is 0. The largest absolute Gasteiger partial charge is 0.389 e. The standard InChI is InChI=1S/C15H24N4S/c1-8-6-9(2)12(5)19(7-8)15-13(14(16)20)10(3)11(4)17-18-15/h8-9,12H,6-7H2,1-5H3,(H2,16,20). The Morgan fingerprint density at radius 2 is 1.90 bits per heavy atom. The first-order valence-electron chi connectivity index (χ1n) is 7.23. The van der Waals surface area contributed by atoms with Gasteiger partial charge in [0, 0.05) is 12.6 Å². The maximum absolute atomic E-state index is 5.94. The van der Waals surface area contributed by atoms with E-state index in [9.17, 15) is 0 Å². The fraction of sp³-hybridized carbons (Fsp3) is 0.667. The Hall–Kier alpha value is -1.23. The van der Waals surface area contributed by atoms with E-state index in [1.54, 1.807) is 0 Å². The third-order valence-electron chi connectivity index (χ3n) is 4.55. The number of thiocarbonyl (C=S) groups is 1. The molecule has 2 N–H and O–H groups in total. The van der Waals surface area contributed by atoms with Crippen molar-refractivity contribution in [2.24, 2.45) is 17.6 Å². The number of hydrogen-bond acceptors (Lipinski definition) is 4. The number of anilines is 1. The lowest BCUT2D eigenvalue weighted by Crippen LogP contribution is -2.47. The van der Waals surface area contributed by atoms with E-state index in [1.165, 1.54) is 6.42 Å². The Bertz CT molecular complexity index is 529. The van der Waals surface area contributed by atoms with Gasteiger partial charge in [-0.3, -0.25) is 0 Å². The minimum Gasteiger partial charge on any atom is -0.389 e. The van der Waals surface area contributed by atoms with Gasteiger partial charge in [0.2, 0.25) is 0 Å². The molecule has 2 heterocycles. The van der Waals surface area contributed by atoms with E-state index in [0.717, 1.165) is 29.2 Å². The number of aryl methyl sites for hydroxylation is 1. The molecule has 4 nitrogen and oxygen atoms in total. The molecule has 1 aromatic heterocycles. The predicted molar refractivity (Wildman–Crippen MR) is 87.1 cm³/mol. The maximum Gasteiger partial charge on any atom is 0.162 e. The van der Waals surface area contributed by atoms with Gasteiger partial charge in [-0.05, 0) is 44.6 Å². The Labute approximate surface area is 126 Å². The van der Waals surface area contributed by atoms with Crippen LogP contribution in [0.25, 0.3) is 0 Å². The van der Waals surface area contributed by atoms with E-state index in [2.05, 4.69) is 35.9 Å². The summed E-state index contributed by atoms with van der Waals surface area (Å²) in [6, 6.07) is 0.427. The molecule has 0 radical (unpaired) electrons. The zero-order valence-electron chi connectivity index (χ0n) is 13.0. The van der Waals surface area contributed by atoms with E-state index in [0.29, 0.717) is 22.9 Å². The van der Waals surface area contributed by atoms with E-state index in [-0.39, 0.29) is 0 Å². The average molecular weight is 292 g/mol. The molecule has 1 aromatic rings. The molecule has 0 bridgehead atoms. The van der Waals surface area contributed by atoms with Crippen LogP contribution in [0.15, 0.2) is 0 Å². The highest BCUT2D eigenvalue weighted by molar-refractivity contribution is 7.80. The van der Waals surface area contributed by atoms with E-state index < -0.39 is 0 Å². The van der Waals surface area contributed by atoms with Gasteiger partial charge in [-0.1, -0.05) is 26.1 Å². The smallest absolute Gasteiger partial charge is 0.162 e. The molecule has 0 spiro atoms. The first kappa shape index (κ1) is 15.2. The molecular formula is C15H24N4S. The monoisotopic (exact) mass is 292 g/mol. The fourth-order valence-electron chi connectivity index (χ4n) is 3.09. The van der Waals surface area contributed by atoms with E-state index >= 15 is 0 Å². The summed E-state index contributed by atoms with van der Waals surface area (Å²) in [6.45, 7) is 11.8. The molecule has 110 valence electrons. The first-order valence-corrected chi connectivity index (χ1v) is 7.64. The second kappa shape index (κ2) is 5.64. The lowest BCUT2D eigenvalue weighted by molar-refractivity contribution is 0.295. The lowest BCUT2D eigenvalue weighted by atomic mass is 9.85. The van der Waals surface area contributed by atoms with Crippen molar-refractivity contribution in [1.29, 1.82) is 0 Å². The highest BCUT2D eigenvalue weighted by atomic mass is 32.1. The molecular weight excluding hydrogens is 268 g/mol. The maximum atomic E-state index is 5.94. The second-order valence-corrected chi connectivity index (χ2v) is 6.62. The van der Waals surface area contributed by atoms with Gasteiger partial charge in [0.25, 0.3) is 0 Å². The fourth-order valence-corrected chi connectivity index (χ4v) is 3.33. The SMILES string of the molecule is Cc1nnc(N2CC(C)CC(C)C2C)c(C(N)=S)c1C. The number of rotatable bonds is 2. The van der Waals surface area contributed by atoms with Crippen molar-refractivity contribution in [3.8, 4) is 0 Å². The molecule has 0 aromatic carbocycles. The van der Waals surface area contributed by atoms with Crippen molar-refractivity contribution in [2.75, 3.05) is 11.4 Å². The van der Waals surface area contributed by atoms with Crippen molar-refractivity contribution >= 4 is 23.0 Å². The number of nitrogens with zero attached hydrogens (tertiary/aromatic N) is 3. The van der Waals surface area contributed by atoms with Crippen molar-refractivity contribution in [1.82, 2.24) is 10.2 Å². The van der Waals surface area contributed by atoms with Gasteiger partial charge in [0.05, 0.1) is 11.3 Å². The highest BCUT2D eigenvalue weighted by Gasteiger charge is 2.32. The third kappa shape index (κ3) is 2.64. The van der Waals surface area contributed by atoms with Gasteiger partial charge >= 0.3 is 0 Å². The van der Waals surface area contributed by atoms with Crippen LogP contribution in [0.1, 0.15) is 44.0 Å². The van der Waals surface area contributed by atoms with Crippen molar-refractivity contribution in [3.05, 3.63) is 16.8 Å². The minimum absolute atomic E-state index is 0.411. The number of aromatic nitrogens is 2. The van der Waals surface area contributed by atoms with Gasteiger partial charge in [0.1, 0.15) is 4.99 Å². The number of hydrogen-bond donors (Lipinski definition) is 1. The summed E-state index contributed by atoms with van der Waals surface area (Å²) in [4.78, 5) is 2.74. The van der Waals surface area contributed by atoms with E-state index in [4.69, 9.17) is 18.0 Å². The minimum atomic E-state index is 0.411. The zero-order chi connectivity index (χ0) is 15.0. The Morgan fingerprint density at radius 3 is 2.50 bits per heavy atom. The quantitative estimate of drug-likeness (QED) is 0.849. The summed E-state index contributed by atoms with van der Waals surface area (Å²) in [7, 11) is 0. The number of piperidine rings is 1. The van der Waals surface area contributed by atoms with Crippen LogP contribution in [0.5, 0.6) is 0 Å². The molecule has 1 fully saturated rings. The Balaban J connectivity index is 2.51. The first-order chi connectivity index (χ1) is 9.32. The van der Waals surface area contributed by atoms with Gasteiger partial charge in [0.15, 0.2) is 5.82 Å². The summed E-state index contributed by atoms with van der Waals surface area (Å²) in [6.07, 6.45) is 1.25. The van der Waals surface area contributed by atoms with Crippen LogP contribution in [-0.4, -0.2) is 27.8 Å². The molecule has 2 rings (SSSR count). The molecule has 1 aliphatic rings. The van der Waals surface area contributed by atoms with Crippen LogP contribution in [0, 0.1) is 25.7 Å². The van der Waals surface area contributed by atoms with Gasteiger partial charge in [-0.25, -0.2) is 0 Å². The normalized spacial score (nSPS) is 26.6.